The lowest BCUT2D eigenvalue weighted by Crippen LogP contribution is -2.42. The Labute approximate surface area is 198 Å². The zero-order chi connectivity index (χ0) is 23.5. The topological polar surface area (TPSA) is 68.1 Å². The van der Waals surface area contributed by atoms with Gasteiger partial charge in [-0.25, -0.2) is 4.39 Å². The van der Waals surface area contributed by atoms with E-state index in [1.807, 2.05) is 23.1 Å². The summed E-state index contributed by atoms with van der Waals surface area (Å²) >= 11 is 0. The van der Waals surface area contributed by atoms with Crippen molar-refractivity contribution in [1.82, 2.24) is 19.7 Å². The zero-order valence-electron chi connectivity index (χ0n) is 19.2. The van der Waals surface area contributed by atoms with E-state index in [9.17, 15) is 14.0 Å². The molecule has 0 spiro atoms. The number of hydrogen-bond donors (Lipinski definition) is 0. The lowest BCUT2D eigenvalue weighted by Gasteiger charge is -2.34. The number of aromatic nitrogens is 3. The molecule has 0 bridgehead atoms. The molecule has 34 heavy (non-hydrogen) atoms. The Morgan fingerprint density at radius 3 is 2.44 bits per heavy atom. The van der Waals surface area contributed by atoms with Crippen LogP contribution in [0, 0.1) is 17.7 Å². The molecule has 0 N–H and O–H groups in total. The summed E-state index contributed by atoms with van der Waals surface area (Å²) in [5.41, 5.74) is 3.57. The first-order chi connectivity index (χ1) is 16.6. The number of halogens is 1. The van der Waals surface area contributed by atoms with Gasteiger partial charge in [0.2, 0.25) is 5.91 Å². The monoisotopic (exact) mass is 460 g/mol. The first-order valence-corrected chi connectivity index (χ1v) is 12.1. The zero-order valence-corrected chi connectivity index (χ0v) is 19.2. The van der Waals surface area contributed by atoms with Gasteiger partial charge in [0.15, 0.2) is 0 Å². The Kier molecular flexibility index (Phi) is 6.52. The summed E-state index contributed by atoms with van der Waals surface area (Å²) in [7, 11) is 0. The van der Waals surface area contributed by atoms with Crippen LogP contribution in [-0.2, 0) is 22.6 Å². The predicted octanol–water partition coefficient (Wildman–Crippen LogP) is 4.28. The van der Waals surface area contributed by atoms with Crippen LogP contribution in [0.15, 0.2) is 54.9 Å². The highest BCUT2D eigenvalue weighted by Crippen LogP contribution is 2.34. The molecule has 2 aromatic heterocycles. The summed E-state index contributed by atoms with van der Waals surface area (Å²) in [4.78, 5) is 31.3. The summed E-state index contributed by atoms with van der Waals surface area (Å²) in [6, 6.07) is 12.2. The number of Topliss-reactive ketones (excluding diaryl/α,β-unsaturated/α-hetero) is 1. The second kappa shape index (κ2) is 9.87. The molecule has 2 fully saturated rings. The molecule has 3 aromatic rings. The smallest absolute Gasteiger partial charge is 0.244 e. The van der Waals surface area contributed by atoms with Crippen LogP contribution in [0.25, 0.3) is 11.3 Å². The summed E-state index contributed by atoms with van der Waals surface area (Å²) < 4.78 is 15.1. The van der Waals surface area contributed by atoms with Crippen molar-refractivity contribution in [2.24, 2.45) is 11.8 Å². The molecule has 1 saturated carbocycles. The third kappa shape index (κ3) is 4.93. The van der Waals surface area contributed by atoms with Gasteiger partial charge in [-0.1, -0.05) is 12.1 Å². The molecule has 0 radical (unpaired) electrons. The molecule has 1 aliphatic carbocycles. The van der Waals surface area contributed by atoms with Crippen LogP contribution in [0.5, 0.6) is 0 Å². The molecular weight excluding hydrogens is 431 g/mol. The van der Waals surface area contributed by atoms with Crippen molar-refractivity contribution in [2.45, 2.75) is 45.1 Å². The maximum absolute atomic E-state index is 13.4. The fourth-order valence-corrected chi connectivity index (χ4v) is 5.33. The van der Waals surface area contributed by atoms with E-state index in [2.05, 4.69) is 4.98 Å². The SMILES string of the molecule is O=C1CCCC1C1CCN(C(=O)Cn2nc(-c3ccncc3)cc2Cc2ccc(F)cc2)CC1. The van der Waals surface area contributed by atoms with Gasteiger partial charge in [-0.05, 0) is 67.5 Å². The Morgan fingerprint density at radius 1 is 1.03 bits per heavy atom. The number of benzene rings is 1. The lowest BCUT2D eigenvalue weighted by atomic mass is 9.83. The maximum atomic E-state index is 13.4. The fourth-order valence-electron chi connectivity index (χ4n) is 5.33. The van der Waals surface area contributed by atoms with Gasteiger partial charge in [0.25, 0.3) is 0 Å². The van der Waals surface area contributed by atoms with E-state index in [4.69, 9.17) is 5.10 Å². The molecule has 5 rings (SSSR count). The van der Waals surface area contributed by atoms with Crippen LogP contribution in [0.1, 0.15) is 43.4 Å². The minimum Gasteiger partial charge on any atom is -0.341 e. The fraction of sp³-hybridized carbons (Fsp3) is 0.407. The molecule has 1 atom stereocenters. The average Bonchev–Trinajstić information content (AvgIpc) is 3.47. The van der Waals surface area contributed by atoms with Crippen molar-refractivity contribution in [1.29, 1.82) is 0 Å². The van der Waals surface area contributed by atoms with E-state index in [-0.39, 0.29) is 24.2 Å². The third-order valence-electron chi connectivity index (χ3n) is 7.24. The van der Waals surface area contributed by atoms with Crippen LogP contribution in [0.4, 0.5) is 4.39 Å². The molecule has 1 saturated heterocycles. The van der Waals surface area contributed by atoms with Crippen LogP contribution in [0.2, 0.25) is 0 Å². The largest absolute Gasteiger partial charge is 0.341 e. The third-order valence-corrected chi connectivity index (χ3v) is 7.24. The number of carbonyl (C=O) groups is 2. The summed E-state index contributed by atoms with van der Waals surface area (Å²) in [6.45, 7) is 1.55. The van der Waals surface area contributed by atoms with Crippen molar-refractivity contribution in [2.75, 3.05) is 13.1 Å². The van der Waals surface area contributed by atoms with E-state index in [1.54, 1.807) is 29.2 Å². The summed E-state index contributed by atoms with van der Waals surface area (Å²) in [6.07, 6.45) is 8.53. The molecule has 7 heteroatoms. The standard InChI is InChI=1S/C27H29FN4O2/c28-22-6-4-19(5-7-22)16-23-17-25(21-8-12-29-13-9-21)30-32(23)18-27(34)31-14-10-20(11-15-31)24-2-1-3-26(24)33/h4-9,12-13,17,20,24H,1-3,10-11,14-16,18H2. The molecule has 176 valence electrons. The Bertz CT molecular complexity index is 1150. The second-order valence-electron chi connectivity index (χ2n) is 9.40. The van der Waals surface area contributed by atoms with Crippen molar-refractivity contribution in [3.63, 3.8) is 0 Å². The first kappa shape index (κ1) is 22.4. The number of likely N-dealkylation sites (tertiary alicyclic amines) is 1. The Morgan fingerprint density at radius 2 is 1.76 bits per heavy atom. The highest BCUT2D eigenvalue weighted by molar-refractivity contribution is 5.83. The minimum atomic E-state index is -0.271. The van der Waals surface area contributed by atoms with Gasteiger partial charge >= 0.3 is 0 Å². The Balaban J connectivity index is 1.30. The molecule has 3 heterocycles. The molecular formula is C27H29FN4O2. The maximum Gasteiger partial charge on any atom is 0.244 e. The number of piperidine rings is 1. The summed E-state index contributed by atoms with van der Waals surface area (Å²) in [5.74, 6) is 0.800. The van der Waals surface area contributed by atoms with Gasteiger partial charge in [0.1, 0.15) is 18.1 Å². The van der Waals surface area contributed by atoms with Gasteiger partial charge in [-0.3, -0.25) is 19.3 Å². The van der Waals surface area contributed by atoms with Crippen LogP contribution < -0.4 is 0 Å². The van der Waals surface area contributed by atoms with E-state index < -0.39 is 0 Å². The van der Waals surface area contributed by atoms with Gasteiger partial charge in [0.05, 0.1) is 5.69 Å². The number of ketones is 1. The lowest BCUT2D eigenvalue weighted by molar-refractivity contribution is -0.134. The number of rotatable bonds is 6. The number of amides is 1. The van der Waals surface area contributed by atoms with Gasteiger partial charge in [0, 0.05) is 55.5 Å². The number of hydrogen-bond acceptors (Lipinski definition) is 4. The van der Waals surface area contributed by atoms with Crippen LogP contribution in [-0.4, -0.2) is 44.4 Å². The average molecular weight is 461 g/mol. The summed E-state index contributed by atoms with van der Waals surface area (Å²) in [5, 5.41) is 4.74. The van der Waals surface area contributed by atoms with Crippen LogP contribution in [0.3, 0.4) is 0 Å². The van der Waals surface area contributed by atoms with Crippen molar-refractivity contribution >= 4 is 11.7 Å². The van der Waals surface area contributed by atoms with Crippen molar-refractivity contribution < 1.29 is 14.0 Å². The highest BCUT2D eigenvalue weighted by atomic mass is 19.1. The Hall–Kier alpha value is -3.35. The normalized spacial score (nSPS) is 19.0. The molecule has 1 amide bonds. The van der Waals surface area contributed by atoms with Gasteiger partial charge in [-0.2, -0.15) is 5.10 Å². The molecule has 1 aromatic carbocycles. The molecule has 2 aliphatic rings. The van der Waals surface area contributed by atoms with Crippen LogP contribution >= 0.6 is 0 Å². The minimum absolute atomic E-state index is 0.0425. The van der Waals surface area contributed by atoms with E-state index in [0.717, 1.165) is 54.6 Å². The first-order valence-electron chi connectivity index (χ1n) is 12.1. The van der Waals surface area contributed by atoms with Gasteiger partial charge < -0.3 is 4.90 Å². The van der Waals surface area contributed by atoms with E-state index in [0.29, 0.717) is 31.2 Å². The predicted molar refractivity (Wildman–Crippen MR) is 126 cm³/mol. The molecule has 1 aliphatic heterocycles. The molecule has 1 unspecified atom stereocenters. The molecule has 6 nitrogen and oxygen atoms in total. The second-order valence-corrected chi connectivity index (χ2v) is 9.40. The van der Waals surface area contributed by atoms with Crippen molar-refractivity contribution in [3.8, 4) is 11.3 Å². The number of carbonyl (C=O) groups excluding carboxylic acids is 2. The van der Waals surface area contributed by atoms with E-state index in [1.165, 1.54) is 12.1 Å². The quantitative estimate of drug-likeness (QED) is 0.551. The van der Waals surface area contributed by atoms with Gasteiger partial charge in [-0.15, -0.1) is 0 Å². The van der Waals surface area contributed by atoms with E-state index >= 15 is 0 Å². The highest BCUT2D eigenvalue weighted by Gasteiger charge is 2.35. The number of nitrogens with zero attached hydrogens (tertiary/aromatic N) is 4. The van der Waals surface area contributed by atoms with Crippen molar-refractivity contribution in [3.05, 3.63) is 71.9 Å². The number of pyridine rings is 1.